The highest BCUT2D eigenvalue weighted by Crippen LogP contribution is 2.26. The molecule has 2 aromatic rings. The maximum Gasteiger partial charge on any atom is 0.308 e. The van der Waals surface area contributed by atoms with Crippen LogP contribution in [0.5, 0.6) is 5.75 Å². The van der Waals surface area contributed by atoms with Crippen molar-refractivity contribution in [2.75, 3.05) is 5.75 Å². The zero-order valence-electron chi connectivity index (χ0n) is 15.7. The molecule has 0 aliphatic carbocycles. The molecule has 0 aromatic heterocycles. The summed E-state index contributed by atoms with van der Waals surface area (Å²) in [6.45, 7) is 5.67. The molecule has 7 heteroatoms. The minimum absolute atomic E-state index is 0.0652. The molecule has 146 valence electrons. The predicted octanol–water partition coefficient (Wildman–Crippen LogP) is 4.51. The van der Waals surface area contributed by atoms with Crippen LogP contribution >= 0.6 is 11.6 Å². The van der Waals surface area contributed by atoms with E-state index in [0.717, 1.165) is 6.42 Å². The third-order valence-electron chi connectivity index (χ3n) is 4.37. The Morgan fingerprint density at radius 2 is 1.74 bits per heavy atom. The topological polar surface area (TPSA) is 63.7 Å². The summed E-state index contributed by atoms with van der Waals surface area (Å²) in [4.78, 5) is 14.8. The van der Waals surface area contributed by atoms with Crippen molar-refractivity contribution in [2.45, 2.75) is 39.8 Å². The minimum Gasteiger partial charge on any atom is -0.382 e. The monoisotopic (exact) mass is 409 g/mol. The van der Waals surface area contributed by atoms with Gasteiger partial charge in [0.05, 0.1) is 16.3 Å². The number of hydrogen-bond donors (Lipinski definition) is 0. The summed E-state index contributed by atoms with van der Waals surface area (Å²) < 4.78 is 29.0. The molecule has 0 aliphatic heterocycles. The summed E-state index contributed by atoms with van der Waals surface area (Å²) >= 11 is 6.20. The fraction of sp³-hybridized carbons (Fsp3) is 0.350. The number of halogens is 1. The Morgan fingerprint density at radius 3 is 2.37 bits per heavy atom. The van der Waals surface area contributed by atoms with Gasteiger partial charge in [-0.15, -0.1) is 0 Å². The molecule has 1 atom stereocenters. The number of nitrogens with zero attached hydrogens (tertiary/aromatic N) is 1. The second-order valence-electron chi connectivity index (χ2n) is 6.21. The molecule has 27 heavy (non-hydrogen) atoms. The van der Waals surface area contributed by atoms with Crippen molar-refractivity contribution >= 4 is 27.6 Å². The van der Waals surface area contributed by atoms with Gasteiger partial charge in [0.25, 0.3) is 5.91 Å². The number of rotatable bonds is 8. The number of para-hydroxylation sites is 1. The van der Waals surface area contributed by atoms with Crippen molar-refractivity contribution in [1.29, 1.82) is 0 Å². The molecule has 0 bridgehead atoms. The highest BCUT2D eigenvalue weighted by molar-refractivity contribution is 7.87. The Balaban J connectivity index is 2.38. The van der Waals surface area contributed by atoms with Gasteiger partial charge in [0.1, 0.15) is 5.75 Å². The van der Waals surface area contributed by atoms with Crippen LogP contribution < -0.4 is 4.18 Å². The van der Waals surface area contributed by atoms with Gasteiger partial charge < -0.3 is 9.08 Å². The largest absolute Gasteiger partial charge is 0.382 e. The van der Waals surface area contributed by atoms with E-state index in [1.54, 1.807) is 53.4 Å². The maximum atomic E-state index is 13.1. The van der Waals surface area contributed by atoms with Gasteiger partial charge in [-0.25, -0.2) is 0 Å². The molecule has 0 fully saturated rings. The number of hydrogen-bond acceptors (Lipinski definition) is 4. The van der Waals surface area contributed by atoms with E-state index in [1.807, 2.05) is 13.8 Å². The first-order chi connectivity index (χ1) is 12.8. The molecule has 0 heterocycles. The van der Waals surface area contributed by atoms with E-state index in [1.165, 1.54) is 6.92 Å². The van der Waals surface area contributed by atoms with Gasteiger partial charge in [0.2, 0.25) is 0 Å². The van der Waals surface area contributed by atoms with Gasteiger partial charge in [-0.05, 0) is 38.5 Å². The van der Waals surface area contributed by atoms with E-state index in [2.05, 4.69) is 0 Å². The summed E-state index contributed by atoms with van der Waals surface area (Å²) in [5.74, 6) is -0.0997. The van der Waals surface area contributed by atoms with Crippen LogP contribution in [0.1, 0.15) is 43.1 Å². The Bertz CT molecular complexity index is 898. The first-order valence-corrected chi connectivity index (χ1v) is 10.8. The molecule has 0 radical (unpaired) electrons. The van der Waals surface area contributed by atoms with Crippen LogP contribution in [0.3, 0.4) is 0 Å². The summed E-state index contributed by atoms with van der Waals surface area (Å²) in [5.41, 5.74) is 1.04. The Labute approximate surface area is 166 Å². The smallest absolute Gasteiger partial charge is 0.308 e. The fourth-order valence-electron chi connectivity index (χ4n) is 2.53. The van der Waals surface area contributed by atoms with Gasteiger partial charge in [-0.1, -0.05) is 48.9 Å². The van der Waals surface area contributed by atoms with E-state index in [-0.39, 0.29) is 30.0 Å². The van der Waals surface area contributed by atoms with Crippen LogP contribution in [0.25, 0.3) is 0 Å². The van der Waals surface area contributed by atoms with Crippen molar-refractivity contribution in [2.24, 2.45) is 0 Å². The molecule has 0 spiro atoms. The lowest BCUT2D eigenvalue weighted by atomic mass is 10.1. The zero-order chi connectivity index (χ0) is 20.0. The molecule has 0 unspecified atom stereocenters. The third-order valence-corrected chi connectivity index (χ3v) is 5.84. The molecular weight excluding hydrogens is 386 g/mol. The highest BCUT2D eigenvalue weighted by Gasteiger charge is 2.24. The second kappa shape index (κ2) is 9.24. The fourth-order valence-corrected chi connectivity index (χ4v) is 3.30. The Hall–Kier alpha value is -2.05. The highest BCUT2D eigenvalue weighted by atomic mass is 35.5. The van der Waals surface area contributed by atoms with Crippen LogP contribution in [0.15, 0.2) is 48.5 Å². The van der Waals surface area contributed by atoms with E-state index in [4.69, 9.17) is 15.8 Å². The number of carbonyl (C=O) groups is 1. The maximum absolute atomic E-state index is 13.1. The summed E-state index contributed by atoms with van der Waals surface area (Å²) in [5, 5.41) is 0.383. The molecule has 5 nitrogen and oxygen atoms in total. The van der Waals surface area contributed by atoms with Crippen molar-refractivity contribution in [3.05, 3.63) is 64.7 Å². The van der Waals surface area contributed by atoms with Crippen LogP contribution in [-0.4, -0.2) is 31.0 Å². The molecular formula is C20H24ClNO4S. The summed E-state index contributed by atoms with van der Waals surface area (Å²) in [7, 11) is -3.66. The van der Waals surface area contributed by atoms with Crippen molar-refractivity contribution < 1.29 is 17.4 Å². The molecule has 0 aliphatic rings. The van der Waals surface area contributed by atoms with Gasteiger partial charge >= 0.3 is 10.1 Å². The van der Waals surface area contributed by atoms with Crippen LogP contribution in [0.2, 0.25) is 5.02 Å². The molecule has 2 rings (SSSR count). The number of amides is 1. The molecule has 0 N–H and O–H groups in total. The Morgan fingerprint density at radius 1 is 1.11 bits per heavy atom. The number of carbonyl (C=O) groups excluding carboxylic acids is 1. The standard InChI is InChI=1S/C20H24ClNO4S/c1-4-15(3)22(20(23)17-11-7-8-12-18(17)21)14-16-10-6-9-13-19(16)26-27(24,25)5-2/h6-13,15H,4-5,14H2,1-3H3/t15-/m0/s1. The zero-order valence-corrected chi connectivity index (χ0v) is 17.3. The summed E-state index contributed by atoms with van der Waals surface area (Å²) in [6, 6.07) is 13.7. The van der Waals surface area contributed by atoms with Crippen LogP contribution in [-0.2, 0) is 16.7 Å². The molecule has 0 saturated heterocycles. The normalized spacial score (nSPS) is 12.4. The van der Waals surface area contributed by atoms with Crippen LogP contribution in [0, 0.1) is 0 Å². The van der Waals surface area contributed by atoms with E-state index < -0.39 is 10.1 Å². The van der Waals surface area contributed by atoms with Crippen molar-refractivity contribution in [3.8, 4) is 5.75 Å². The first kappa shape index (κ1) is 21.3. The van der Waals surface area contributed by atoms with Gasteiger partial charge in [-0.2, -0.15) is 8.42 Å². The third kappa shape index (κ3) is 5.47. The number of benzene rings is 2. The molecule has 1 amide bonds. The SMILES string of the molecule is CC[C@H](C)N(Cc1ccccc1OS(=O)(=O)CC)C(=O)c1ccccc1Cl. The Kier molecular flexibility index (Phi) is 7.27. The quantitative estimate of drug-likeness (QED) is 0.602. The lowest BCUT2D eigenvalue weighted by Gasteiger charge is -2.29. The summed E-state index contributed by atoms with van der Waals surface area (Å²) in [6.07, 6.45) is 0.743. The average Bonchev–Trinajstić information content (AvgIpc) is 2.66. The lowest BCUT2D eigenvalue weighted by molar-refractivity contribution is 0.0671. The second-order valence-corrected chi connectivity index (χ2v) is 8.47. The molecule has 2 aromatic carbocycles. The minimum atomic E-state index is -3.66. The van der Waals surface area contributed by atoms with Crippen molar-refractivity contribution in [1.82, 2.24) is 4.90 Å². The van der Waals surface area contributed by atoms with E-state index >= 15 is 0 Å². The predicted molar refractivity (Wildman–Crippen MR) is 108 cm³/mol. The average molecular weight is 410 g/mol. The molecule has 0 saturated carbocycles. The van der Waals surface area contributed by atoms with Gasteiger partial charge in [0, 0.05) is 18.2 Å². The van der Waals surface area contributed by atoms with Crippen LogP contribution in [0.4, 0.5) is 0 Å². The van der Waals surface area contributed by atoms with E-state index in [0.29, 0.717) is 16.1 Å². The van der Waals surface area contributed by atoms with Crippen molar-refractivity contribution in [3.63, 3.8) is 0 Å². The van der Waals surface area contributed by atoms with Gasteiger partial charge in [0.15, 0.2) is 0 Å². The van der Waals surface area contributed by atoms with Gasteiger partial charge in [-0.3, -0.25) is 4.79 Å². The first-order valence-electron chi connectivity index (χ1n) is 8.84. The van der Waals surface area contributed by atoms with E-state index in [9.17, 15) is 13.2 Å². The lowest BCUT2D eigenvalue weighted by Crippen LogP contribution is -2.38.